The van der Waals surface area contributed by atoms with Crippen LogP contribution in [0.1, 0.15) is 11.1 Å². The maximum Gasteiger partial charge on any atom is 0.419 e. The standard InChI is InChI=1S/C10H8F4O2/c11-8-2-1-6(9(15)4-16-5-9)3-7(8)10(12,13)14/h1-3,15H,4-5H2. The smallest absolute Gasteiger partial charge is 0.380 e. The monoisotopic (exact) mass is 236 g/mol. The first-order chi connectivity index (χ1) is 7.33. The van der Waals surface area contributed by atoms with Crippen molar-refractivity contribution in [3.8, 4) is 0 Å². The van der Waals surface area contributed by atoms with Gasteiger partial charge in [0, 0.05) is 0 Å². The summed E-state index contributed by atoms with van der Waals surface area (Å²) < 4.78 is 54.8. The van der Waals surface area contributed by atoms with Crippen molar-refractivity contribution in [1.82, 2.24) is 0 Å². The number of alkyl halides is 3. The second-order valence-electron chi connectivity index (χ2n) is 3.72. The van der Waals surface area contributed by atoms with E-state index in [4.69, 9.17) is 4.74 Å². The van der Waals surface area contributed by atoms with E-state index in [2.05, 4.69) is 0 Å². The molecule has 2 nitrogen and oxygen atoms in total. The molecule has 0 amide bonds. The molecular formula is C10H8F4O2. The van der Waals surface area contributed by atoms with Gasteiger partial charge in [-0.15, -0.1) is 0 Å². The largest absolute Gasteiger partial charge is 0.419 e. The van der Waals surface area contributed by atoms with Crippen LogP contribution in [0.3, 0.4) is 0 Å². The van der Waals surface area contributed by atoms with Crippen molar-refractivity contribution in [3.63, 3.8) is 0 Å². The van der Waals surface area contributed by atoms with Crippen LogP contribution in [-0.2, 0) is 16.5 Å². The molecule has 1 heterocycles. The Kier molecular flexibility index (Phi) is 2.43. The number of benzene rings is 1. The number of ether oxygens (including phenoxy) is 1. The predicted molar refractivity (Wildman–Crippen MR) is 46.1 cm³/mol. The molecule has 0 aliphatic carbocycles. The summed E-state index contributed by atoms with van der Waals surface area (Å²) in [6.45, 7) is -0.147. The van der Waals surface area contributed by atoms with Crippen molar-refractivity contribution in [2.75, 3.05) is 13.2 Å². The molecule has 1 N–H and O–H groups in total. The van der Waals surface area contributed by atoms with E-state index < -0.39 is 23.2 Å². The molecule has 0 spiro atoms. The van der Waals surface area contributed by atoms with Gasteiger partial charge in [0.15, 0.2) is 0 Å². The third-order valence-corrected chi connectivity index (χ3v) is 2.49. The summed E-state index contributed by atoms with van der Waals surface area (Å²) in [4.78, 5) is 0. The molecule has 6 heteroatoms. The Bertz CT molecular complexity index is 410. The van der Waals surface area contributed by atoms with Gasteiger partial charge in [0.1, 0.15) is 11.4 Å². The van der Waals surface area contributed by atoms with E-state index in [1.807, 2.05) is 0 Å². The second kappa shape index (κ2) is 3.43. The minimum atomic E-state index is -4.76. The summed E-state index contributed by atoms with van der Waals surface area (Å²) in [5, 5.41) is 9.75. The lowest BCUT2D eigenvalue weighted by Gasteiger charge is -2.37. The molecule has 1 aliphatic heterocycles. The molecule has 0 bridgehead atoms. The van der Waals surface area contributed by atoms with E-state index in [1.54, 1.807) is 0 Å². The van der Waals surface area contributed by atoms with Crippen LogP contribution in [0.15, 0.2) is 18.2 Å². The van der Waals surface area contributed by atoms with Crippen molar-refractivity contribution in [2.45, 2.75) is 11.8 Å². The van der Waals surface area contributed by atoms with E-state index in [9.17, 15) is 22.7 Å². The topological polar surface area (TPSA) is 29.5 Å². The summed E-state index contributed by atoms with van der Waals surface area (Å²) in [5.41, 5.74) is -2.77. The number of halogens is 4. The molecule has 16 heavy (non-hydrogen) atoms. The Balaban J connectivity index is 2.43. The molecule has 0 atom stereocenters. The van der Waals surface area contributed by atoms with Gasteiger partial charge in [0.2, 0.25) is 0 Å². The third kappa shape index (κ3) is 1.78. The fourth-order valence-corrected chi connectivity index (χ4v) is 1.49. The van der Waals surface area contributed by atoms with Gasteiger partial charge in [0.05, 0.1) is 18.8 Å². The van der Waals surface area contributed by atoms with E-state index in [0.29, 0.717) is 12.1 Å². The van der Waals surface area contributed by atoms with Crippen LogP contribution in [0.5, 0.6) is 0 Å². The first kappa shape index (κ1) is 11.3. The van der Waals surface area contributed by atoms with E-state index in [-0.39, 0.29) is 18.8 Å². The summed E-state index contributed by atoms with van der Waals surface area (Å²) in [6.07, 6.45) is -4.76. The van der Waals surface area contributed by atoms with Crippen molar-refractivity contribution in [1.29, 1.82) is 0 Å². The molecule has 0 aromatic heterocycles. The van der Waals surface area contributed by atoms with Gasteiger partial charge in [-0.2, -0.15) is 13.2 Å². The van der Waals surface area contributed by atoms with Crippen LogP contribution in [0, 0.1) is 5.82 Å². The Morgan fingerprint density at radius 2 is 1.88 bits per heavy atom. The number of aliphatic hydroxyl groups is 1. The lowest BCUT2D eigenvalue weighted by molar-refractivity contribution is -0.185. The van der Waals surface area contributed by atoms with Crippen LogP contribution in [-0.4, -0.2) is 18.3 Å². The highest BCUT2D eigenvalue weighted by Gasteiger charge is 2.41. The molecule has 0 radical (unpaired) electrons. The highest BCUT2D eigenvalue weighted by Crippen LogP contribution is 2.36. The van der Waals surface area contributed by atoms with Crippen LogP contribution >= 0.6 is 0 Å². The Labute approximate surface area is 88.5 Å². The average molecular weight is 236 g/mol. The zero-order valence-corrected chi connectivity index (χ0v) is 8.01. The highest BCUT2D eigenvalue weighted by atomic mass is 19.4. The molecule has 88 valence electrons. The average Bonchev–Trinajstić information content (AvgIpc) is 2.13. The van der Waals surface area contributed by atoms with Crippen LogP contribution in [0.4, 0.5) is 17.6 Å². The number of rotatable bonds is 1. The van der Waals surface area contributed by atoms with Gasteiger partial charge in [-0.1, -0.05) is 6.07 Å². The zero-order valence-electron chi connectivity index (χ0n) is 8.01. The van der Waals surface area contributed by atoms with Crippen LogP contribution in [0.25, 0.3) is 0 Å². The summed E-state index contributed by atoms with van der Waals surface area (Å²) in [6, 6.07) is 2.46. The van der Waals surface area contributed by atoms with Gasteiger partial charge in [-0.25, -0.2) is 4.39 Å². The van der Waals surface area contributed by atoms with E-state index in [1.165, 1.54) is 0 Å². The lowest BCUT2D eigenvalue weighted by atomic mass is 9.91. The third-order valence-electron chi connectivity index (χ3n) is 2.49. The maximum absolute atomic E-state index is 12.9. The van der Waals surface area contributed by atoms with E-state index >= 15 is 0 Å². The number of hydrogen-bond donors (Lipinski definition) is 1. The van der Waals surface area contributed by atoms with Crippen LogP contribution < -0.4 is 0 Å². The Morgan fingerprint density at radius 1 is 1.25 bits per heavy atom. The predicted octanol–water partition coefficient (Wildman–Crippen LogP) is 2.06. The van der Waals surface area contributed by atoms with Crippen molar-refractivity contribution in [3.05, 3.63) is 35.1 Å². The first-order valence-electron chi connectivity index (χ1n) is 4.50. The Morgan fingerprint density at radius 3 is 2.31 bits per heavy atom. The van der Waals surface area contributed by atoms with Gasteiger partial charge in [-0.05, 0) is 17.7 Å². The fourth-order valence-electron chi connectivity index (χ4n) is 1.49. The molecular weight excluding hydrogens is 228 g/mol. The number of hydrogen-bond acceptors (Lipinski definition) is 2. The summed E-state index contributed by atoms with van der Waals surface area (Å²) in [7, 11) is 0. The minimum Gasteiger partial charge on any atom is -0.380 e. The fraction of sp³-hybridized carbons (Fsp3) is 0.400. The molecule has 0 saturated carbocycles. The quantitative estimate of drug-likeness (QED) is 0.756. The zero-order chi connectivity index (χ0) is 12.0. The first-order valence-corrected chi connectivity index (χ1v) is 4.50. The van der Waals surface area contributed by atoms with Crippen molar-refractivity contribution >= 4 is 0 Å². The highest BCUT2D eigenvalue weighted by molar-refractivity contribution is 5.32. The van der Waals surface area contributed by atoms with Gasteiger partial charge in [-0.3, -0.25) is 0 Å². The van der Waals surface area contributed by atoms with Crippen LogP contribution in [0.2, 0.25) is 0 Å². The lowest BCUT2D eigenvalue weighted by Crippen LogP contribution is -2.46. The van der Waals surface area contributed by atoms with Gasteiger partial charge >= 0.3 is 6.18 Å². The molecule has 1 saturated heterocycles. The maximum atomic E-state index is 12.9. The molecule has 0 unspecified atom stereocenters. The normalized spacial score (nSPS) is 19.3. The molecule has 1 aromatic carbocycles. The van der Waals surface area contributed by atoms with Gasteiger partial charge in [0.25, 0.3) is 0 Å². The van der Waals surface area contributed by atoms with E-state index in [0.717, 1.165) is 6.07 Å². The van der Waals surface area contributed by atoms with Crippen molar-refractivity contribution < 1.29 is 27.4 Å². The summed E-state index contributed by atoms with van der Waals surface area (Å²) >= 11 is 0. The molecule has 2 rings (SSSR count). The van der Waals surface area contributed by atoms with Gasteiger partial charge < -0.3 is 9.84 Å². The molecule has 1 fully saturated rings. The molecule has 1 aromatic rings. The van der Waals surface area contributed by atoms with Crippen molar-refractivity contribution in [2.24, 2.45) is 0 Å². The SMILES string of the molecule is OC1(c2ccc(F)c(C(F)(F)F)c2)COC1. The second-order valence-corrected chi connectivity index (χ2v) is 3.72. The summed E-state index contributed by atoms with van der Waals surface area (Å²) in [5.74, 6) is -1.35. The molecule has 1 aliphatic rings. The Hall–Kier alpha value is -1.14. The minimum absolute atomic E-state index is 0.0208.